The van der Waals surface area contributed by atoms with Crippen molar-refractivity contribution in [2.45, 2.75) is 23.9 Å². The van der Waals surface area contributed by atoms with Crippen LogP contribution in [0.3, 0.4) is 0 Å². The van der Waals surface area contributed by atoms with Crippen LogP contribution in [0.15, 0.2) is 72.1 Å². The van der Waals surface area contributed by atoms with Gasteiger partial charge in [0.25, 0.3) is 5.91 Å². The summed E-state index contributed by atoms with van der Waals surface area (Å²) in [4.78, 5) is 31.2. The van der Waals surface area contributed by atoms with Crippen molar-refractivity contribution >= 4 is 29.3 Å². The zero-order valence-electron chi connectivity index (χ0n) is 17.5. The monoisotopic (exact) mass is 434 g/mol. The maximum atomic E-state index is 12.9. The predicted octanol–water partition coefficient (Wildman–Crippen LogP) is 4.17. The summed E-state index contributed by atoms with van der Waals surface area (Å²) in [6, 6.07) is 17.7. The molecular formula is C24H26N4O2S. The quantitative estimate of drug-likeness (QED) is 0.592. The Labute approximate surface area is 186 Å². The molecular weight excluding hydrogens is 408 g/mol. The summed E-state index contributed by atoms with van der Waals surface area (Å²) in [7, 11) is 1.90. The number of amides is 2. The Morgan fingerprint density at radius 1 is 1.06 bits per heavy atom. The molecule has 31 heavy (non-hydrogen) atoms. The number of nitrogens with one attached hydrogen (secondary N) is 1. The number of hydrogen-bond acceptors (Lipinski definition) is 4. The minimum Gasteiger partial charge on any atom is -0.339 e. The number of anilines is 1. The van der Waals surface area contributed by atoms with Crippen molar-refractivity contribution in [1.29, 1.82) is 0 Å². The summed E-state index contributed by atoms with van der Waals surface area (Å²) < 4.78 is 1.88. The highest BCUT2D eigenvalue weighted by molar-refractivity contribution is 7.99. The molecule has 1 saturated heterocycles. The van der Waals surface area contributed by atoms with E-state index in [-0.39, 0.29) is 17.6 Å². The first-order valence-corrected chi connectivity index (χ1v) is 11.4. The highest BCUT2D eigenvalue weighted by Crippen LogP contribution is 2.28. The second-order valence-corrected chi connectivity index (χ2v) is 8.65. The fourth-order valence-corrected chi connectivity index (χ4v) is 4.57. The highest BCUT2D eigenvalue weighted by Gasteiger charge is 2.24. The van der Waals surface area contributed by atoms with E-state index in [4.69, 9.17) is 0 Å². The van der Waals surface area contributed by atoms with E-state index in [1.165, 1.54) is 17.3 Å². The second kappa shape index (κ2) is 9.83. The van der Waals surface area contributed by atoms with Gasteiger partial charge in [0.05, 0.1) is 5.75 Å². The van der Waals surface area contributed by atoms with Gasteiger partial charge in [0.2, 0.25) is 5.91 Å². The van der Waals surface area contributed by atoms with E-state index in [0.717, 1.165) is 31.1 Å². The SMILES string of the molecule is Cn1ccnc1SCC(=O)Nc1ccc(C(=O)N2CCC(c3ccccc3)CC2)cc1. The van der Waals surface area contributed by atoms with Gasteiger partial charge in [0.15, 0.2) is 5.16 Å². The minimum atomic E-state index is -0.102. The third kappa shape index (κ3) is 5.35. The van der Waals surface area contributed by atoms with Crippen LogP contribution >= 0.6 is 11.8 Å². The maximum Gasteiger partial charge on any atom is 0.253 e. The average molecular weight is 435 g/mol. The number of benzene rings is 2. The third-order valence-electron chi connectivity index (χ3n) is 5.58. The normalized spacial score (nSPS) is 14.4. The van der Waals surface area contributed by atoms with Crippen LogP contribution in [0.2, 0.25) is 0 Å². The molecule has 1 aromatic heterocycles. The van der Waals surface area contributed by atoms with Gasteiger partial charge in [-0.3, -0.25) is 9.59 Å². The van der Waals surface area contributed by atoms with E-state index >= 15 is 0 Å². The number of hydrogen-bond donors (Lipinski definition) is 1. The molecule has 3 aromatic rings. The number of aryl methyl sites for hydroxylation is 1. The van der Waals surface area contributed by atoms with Crippen LogP contribution in [0.5, 0.6) is 0 Å². The molecule has 0 saturated carbocycles. The molecule has 1 fully saturated rings. The zero-order valence-corrected chi connectivity index (χ0v) is 18.3. The highest BCUT2D eigenvalue weighted by atomic mass is 32.2. The molecule has 2 heterocycles. The van der Waals surface area contributed by atoms with Crippen LogP contribution in [0.25, 0.3) is 0 Å². The summed E-state index contributed by atoms with van der Waals surface area (Å²) in [5, 5.41) is 3.67. The van der Waals surface area contributed by atoms with Gasteiger partial charge < -0.3 is 14.8 Å². The van der Waals surface area contributed by atoms with Gasteiger partial charge in [-0.25, -0.2) is 4.98 Å². The van der Waals surface area contributed by atoms with Gasteiger partial charge in [-0.1, -0.05) is 42.1 Å². The fraction of sp³-hybridized carbons (Fsp3) is 0.292. The Balaban J connectivity index is 1.27. The average Bonchev–Trinajstić information content (AvgIpc) is 3.23. The number of aromatic nitrogens is 2. The van der Waals surface area contributed by atoms with Gasteiger partial charge in [-0.2, -0.15) is 0 Å². The van der Waals surface area contributed by atoms with E-state index in [0.29, 0.717) is 17.2 Å². The van der Waals surface area contributed by atoms with Crippen molar-refractivity contribution in [2.75, 3.05) is 24.2 Å². The van der Waals surface area contributed by atoms with Crippen LogP contribution in [0.4, 0.5) is 5.69 Å². The fourth-order valence-electron chi connectivity index (χ4n) is 3.84. The molecule has 4 rings (SSSR count). The van der Waals surface area contributed by atoms with E-state index in [1.54, 1.807) is 30.5 Å². The molecule has 7 heteroatoms. The number of carbonyl (C=O) groups excluding carboxylic acids is 2. The summed E-state index contributed by atoms with van der Waals surface area (Å²) in [5.74, 6) is 0.748. The van der Waals surface area contributed by atoms with Crippen molar-refractivity contribution in [1.82, 2.24) is 14.5 Å². The molecule has 160 valence electrons. The number of piperidine rings is 1. The Morgan fingerprint density at radius 2 is 1.77 bits per heavy atom. The standard InChI is InChI=1S/C24H26N4O2S/c1-27-16-13-25-24(27)31-17-22(29)26-21-9-7-20(8-10-21)23(30)28-14-11-19(12-15-28)18-5-3-2-4-6-18/h2-10,13,16,19H,11-12,14-15,17H2,1H3,(H,26,29). The van der Waals surface area contributed by atoms with E-state index in [2.05, 4.69) is 34.6 Å². The molecule has 1 aliphatic rings. The van der Waals surface area contributed by atoms with E-state index in [9.17, 15) is 9.59 Å². The van der Waals surface area contributed by atoms with Crippen molar-refractivity contribution < 1.29 is 9.59 Å². The number of likely N-dealkylation sites (tertiary alicyclic amines) is 1. The molecule has 2 aromatic carbocycles. The first kappa shape index (κ1) is 21.2. The molecule has 2 amide bonds. The van der Waals surface area contributed by atoms with Gasteiger partial charge >= 0.3 is 0 Å². The maximum absolute atomic E-state index is 12.9. The topological polar surface area (TPSA) is 67.2 Å². The molecule has 1 aliphatic heterocycles. The van der Waals surface area contributed by atoms with Gasteiger partial charge in [0, 0.05) is 43.8 Å². The molecule has 0 unspecified atom stereocenters. The van der Waals surface area contributed by atoms with Crippen LogP contribution < -0.4 is 5.32 Å². The van der Waals surface area contributed by atoms with Crippen molar-refractivity contribution in [2.24, 2.45) is 7.05 Å². The van der Waals surface area contributed by atoms with Gasteiger partial charge in [-0.05, 0) is 48.6 Å². The number of carbonyl (C=O) groups is 2. The Morgan fingerprint density at radius 3 is 2.42 bits per heavy atom. The van der Waals surface area contributed by atoms with Crippen LogP contribution in [0, 0.1) is 0 Å². The Kier molecular flexibility index (Phi) is 6.72. The van der Waals surface area contributed by atoms with Gasteiger partial charge in [-0.15, -0.1) is 0 Å². The molecule has 0 radical (unpaired) electrons. The lowest BCUT2D eigenvalue weighted by atomic mass is 9.89. The van der Waals surface area contributed by atoms with Crippen LogP contribution in [-0.4, -0.2) is 45.1 Å². The lowest BCUT2D eigenvalue weighted by Crippen LogP contribution is -2.37. The van der Waals surface area contributed by atoms with Crippen molar-refractivity contribution in [3.63, 3.8) is 0 Å². The first-order valence-electron chi connectivity index (χ1n) is 10.4. The summed E-state index contributed by atoms with van der Waals surface area (Å²) >= 11 is 1.39. The lowest BCUT2D eigenvalue weighted by molar-refractivity contribution is -0.113. The van der Waals surface area contributed by atoms with Gasteiger partial charge in [0.1, 0.15) is 0 Å². The summed E-state index contributed by atoms with van der Waals surface area (Å²) in [5.41, 5.74) is 2.69. The Hall–Kier alpha value is -3.06. The third-order valence-corrected chi connectivity index (χ3v) is 6.64. The van der Waals surface area contributed by atoms with Crippen molar-refractivity contribution in [3.8, 4) is 0 Å². The zero-order chi connectivity index (χ0) is 21.6. The van der Waals surface area contributed by atoms with Crippen molar-refractivity contribution in [3.05, 3.63) is 78.1 Å². The van der Waals surface area contributed by atoms with Crippen LogP contribution in [-0.2, 0) is 11.8 Å². The molecule has 0 atom stereocenters. The van der Waals surface area contributed by atoms with E-state index in [1.807, 2.05) is 28.8 Å². The smallest absolute Gasteiger partial charge is 0.253 e. The van der Waals surface area contributed by atoms with E-state index < -0.39 is 0 Å². The predicted molar refractivity (Wildman–Crippen MR) is 123 cm³/mol. The lowest BCUT2D eigenvalue weighted by Gasteiger charge is -2.32. The summed E-state index contributed by atoms with van der Waals surface area (Å²) in [6.45, 7) is 1.53. The summed E-state index contributed by atoms with van der Waals surface area (Å²) in [6.07, 6.45) is 5.52. The number of nitrogens with zero attached hydrogens (tertiary/aromatic N) is 3. The minimum absolute atomic E-state index is 0.0507. The molecule has 0 aliphatic carbocycles. The second-order valence-electron chi connectivity index (χ2n) is 7.71. The molecule has 1 N–H and O–H groups in total. The first-order chi connectivity index (χ1) is 15.1. The largest absolute Gasteiger partial charge is 0.339 e. The molecule has 0 spiro atoms. The Bertz CT molecular complexity index is 1030. The number of imidazole rings is 1. The molecule has 6 nitrogen and oxygen atoms in total. The van der Waals surface area contributed by atoms with Crippen LogP contribution in [0.1, 0.15) is 34.7 Å². The number of rotatable bonds is 6. The number of thioether (sulfide) groups is 1. The molecule has 0 bridgehead atoms.